The molecule has 0 saturated carbocycles. The summed E-state index contributed by atoms with van der Waals surface area (Å²) in [5.41, 5.74) is 2.69. The minimum atomic E-state index is 1.07. The van der Waals surface area contributed by atoms with Crippen molar-refractivity contribution in [2.24, 2.45) is 0 Å². The Balaban J connectivity index is 2.06. The third-order valence-corrected chi connectivity index (χ3v) is 3.72. The van der Waals surface area contributed by atoms with Crippen LogP contribution in [0.4, 0.5) is 0 Å². The smallest absolute Gasteiger partial charge is 0.0457 e. The molecule has 19 heavy (non-hydrogen) atoms. The first-order valence-electron chi connectivity index (χ1n) is 7.62. The topological polar surface area (TPSA) is 19.0 Å². The molecule has 1 heterocycles. The Hall–Kier alpha value is -1.28. The molecule has 0 radical (unpaired) electrons. The molecule has 0 fully saturated rings. The Morgan fingerprint density at radius 1 is 1.00 bits per heavy atom. The summed E-state index contributed by atoms with van der Waals surface area (Å²) >= 11 is 0. The minimum absolute atomic E-state index is 1.07. The molecule has 0 spiro atoms. The molecule has 2 aromatic rings. The fraction of sp³-hybridized carbons (Fsp3) is 0.529. The maximum absolute atomic E-state index is 3.38. The molecule has 0 aliphatic carbocycles. The first kappa shape index (κ1) is 14.1. The number of nitrogens with one attached hydrogen (secondary N) is 1. The van der Waals surface area contributed by atoms with E-state index in [9.17, 15) is 0 Å². The largest absolute Gasteiger partial charge is 0.361 e. The van der Waals surface area contributed by atoms with Crippen molar-refractivity contribution in [1.29, 1.82) is 0 Å². The van der Waals surface area contributed by atoms with E-state index in [0.29, 0.717) is 0 Å². The molecule has 104 valence electrons. The molecule has 1 N–H and O–H groups in total. The summed E-state index contributed by atoms with van der Waals surface area (Å²) in [7, 11) is 0. The summed E-state index contributed by atoms with van der Waals surface area (Å²) in [5.74, 6) is 0. The first-order chi connectivity index (χ1) is 9.35. The molecule has 1 aromatic carbocycles. The number of unbranched alkanes of at least 4 members (excludes halogenated alkanes) is 2. The average Bonchev–Trinajstić information content (AvgIpc) is 2.85. The summed E-state index contributed by atoms with van der Waals surface area (Å²) in [5, 5.41) is 1.38. The van der Waals surface area contributed by atoms with Gasteiger partial charge in [-0.1, -0.05) is 44.9 Å². The van der Waals surface area contributed by atoms with Crippen LogP contribution in [0.3, 0.4) is 0 Å². The Morgan fingerprint density at radius 2 is 1.68 bits per heavy atom. The van der Waals surface area contributed by atoms with Gasteiger partial charge < -0.3 is 4.98 Å². The van der Waals surface area contributed by atoms with Crippen molar-refractivity contribution in [3.05, 3.63) is 36.0 Å². The Labute approximate surface area is 116 Å². The number of benzene rings is 1. The van der Waals surface area contributed by atoms with Gasteiger partial charge in [0.25, 0.3) is 0 Å². The second kappa shape index (κ2) is 7.34. The van der Waals surface area contributed by atoms with Gasteiger partial charge in [0.2, 0.25) is 0 Å². The second-order valence-electron chi connectivity index (χ2n) is 5.34. The zero-order chi connectivity index (χ0) is 13.5. The predicted octanol–water partition coefficient (Wildman–Crippen LogP) is 4.57. The molecule has 0 saturated heterocycles. The average molecular weight is 258 g/mol. The van der Waals surface area contributed by atoms with E-state index < -0.39 is 0 Å². The lowest BCUT2D eigenvalue weighted by atomic mass is 10.1. The number of para-hydroxylation sites is 1. The molecule has 0 aliphatic heterocycles. The van der Waals surface area contributed by atoms with Gasteiger partial charge >= 0.3 is 0 Å². The van der Waals surface area contributed by atoms with Crippen LogP contribution in [-0.2, 0) is 6.54 Å². The quantitative estimate of drug-likeness (QED) is 0.735. The van der Waals surface area contributed by atoms with E-state index in [0.717, 1.165) is 6.54 Å². The van der Waals surface area contributed by atoms with Gasteiger partial charge in [0, 0.05) is 23.6 Å². The predicted molar refractivity (Wildman–Crippen MR) is 83.4 cm³/mol. The van der Waals surface area contributed by atoms with Crippen LogP contribution < -0.4 is 0 Å². The number of nitrogens with zero attached hydrogens (tertiary/aromatic N) is 1. The molecule has 1 aromatic heterocycles. The van der Waals surface area contributed by atoms with E-state index in [1.54, 1.807) is 0 Å². The monoisotopic (exact) mass is 258 g/mol. The van der Waals surface area contributed by atoms with Gasteiger partial charge in [-0.3, -0.25) is 4.90 Å². The number of hydrogen-bond donors (Lipinski definition) is 1. The van der Waals surface area contributed by atoms with Crippen LogP contribution in [0.1, 0.15) is 45.1 Å². The lowest BCUT2D eigenvalue weighted by Crippen LogP contribution is -2.25. The van der Waals surface area contributed by atoms with Crippen LogP contribution in [-0.4, -0.2) is 23.0 Å². The normalized spacial score (nSPS) is 11.5. The first-order valence-corrected chi connectivity index (χ1v) is 7.62. The maximum atomic E-state index is 3.38. The van der Waals surface area contributed by atoms with Crippen LogP contribution in [0.5, 0.6) is 0 Å². The number of aromatic nitrogens is 1. The Bertz CT molecular complexity index is 479. The molecular formula is C17H26N2. The molecule has 0 bridgehead atoms. The van der Waals surface area contributed by atoms with E-state index in [4.69, 9.17) is 0 Å². The highest BCUT2D eigenvalue weighted by Gasteiger charge is 2.08. The number of H-pyrrole nitrogens is 1. The summed E-state index contributed by atoms with van der Waals surface area (Å²) in [6.07, 6.45) is 7.32. The Kier molecular flexibility index (Phi) is 5.46. The number of aromatic amines is 1. The van der Waals surface area contributed by atoms with Crippen molar-refractivity contribution in [3.8, 4) is 0 Å². The fourth-order valence-corrected chi connectivity index (χ4v) is 2.54. The second-order valence-corrected chi connectivity index (χ2v) is 5.34. The lowest BCUT2D eigenvalue weighted by Gasteiger charge is -2.21. The van der Waals surface area contributed by atoms with Gasteiger partial charge in [0.05, 0.1) is 0 Å². The third kappa shape index (κ3) is 3.84. The van der Waals surface area contributed by atoms with Gasteiger partial charge in [-0.15, -0.1) is 0 Å². The van der Waals surface area contributed by atoms with Crippen molar-refractivity contribution in [2.45, 2.75) is 46.1 Å². The lowest BCUT2D eigenvalue weighted by molar-refractivity contribution is 0.258. The minimum Gasteiger partial charge on any atom is -0.361 e. The van der Waals surface area contributed by atoms with Gasteiger partial charge in [-0.25, -0.2) is 0 Å². The number of hydrogen-bond acceptors (Lipinski definition) is 1. The van der Waals surface area contributed by atoms with Gasteiger partial charge in [0.15, 0.2) is 0 Å². The summed E-state index contributed by atoms with van der Waals surface area (Å²) < 4.78 is 0. The van der Waals surface area contributed by atoms with E-state index in [2.05, 4.69) is 54.2 Å². The van der Waals surface area contributed by atoms with E-state index in [1.165, 1.54) is 55.2 Å². The van der Waals surface area contributed by atoms with Gasteiger partial charge in [-0.05, 0) is 37.6 Å². The third-order valence-electron chi connectivity index (χ3n) is 3.72. The summed E-state index contributed by atoms with van der Waals surface area (Å²) in [4.78, 5) is 5.98. The zero-order valence-electron chi connectivity index (χ0n) is 12.3. The highest BCUT2D eigenvalue weighted by molar-refractivity contribution is 5.82. The van der Waals surface area contributed by atoms with Crippen molar-refractivity contribution < 1.29 is 0 Å². The molecule has 2 rings (SSSR count). The summed E-state index contributed by atoms with van der Waals surface area (Å²) in [6.45, 7) is 8.05. The molecule has 0 unspecified atom stereocenters. The molecule has 0 atom stereocenters. The molecule has 2 heteroatoms. The van der Waals surface area contributed by atoms with Crippen LogP contribution >= 0.6 is 0 Å². The van der Waals surface area contributed by atoms with E-state index in [-0.39, 0.29) is 0 Å². The van der Waals surface area contributed by atoms with Crippen LogP contribution in [0.25, 0.3) is 10.9 Å². The molecule has 0 amide bonds. The molecule has 2 nitrogen and oxygen atoms in total. The van der Waals surface area contributed by atoms with Crippen molar-refractivity contribution in [1.82, 2.24) is 9.88 Å². The van der Waals surface area contributed by atoms with Crippen LogP contribution in [0.2, 0.25) is 0 Å². The fourth-order valence-electron chi connectivity index (χ4n) is 2.54. The SMILES string of the molecule is CCCCN(CCCC)Cc1c[nH]c2ccccc12. The van der Waals surface area contributed by atoms with Gasteiger partial charge in [-0.2, -0.15) is 0 Å². The number of rotatable bonds is 8. The van der Waals surface area contributed by atoms with E-state index in [1.807, 2.05) is 0 Å². The van der Waals surface area contributed by atoms with Crippen molar-refractivity contribution in [2.75, 3.05) is 13.1 Å². The highest BCUT2D eigenvalue weighted by atomic mass is 15.1. The van der Waals surface area contributed by atoms with Crippen LogP contribution in [0.15, 0.2) is 30.5 Å². The van der Waals surface area contributed by atoms with Gasteiger partial charge in [0.1, 0.15) is 0 Å². The van der Waals surface area contributed by atoms with Crippen molar-refractivity contribution in [3.63, 3.8) is 0 Å². The molecule has 0 aliphatic rings. The standard InChI is InChI=1S/C17H26N2/c1-3-5-11-19(12-6-4-2)14-15-13-18-17-10-8-7-9-16(15)17/h7-10,13,18H,3-6,11-12,14H2,1-2H3. The zero-order valence-corrected chi connectivity index (χ0v) is 12.3. The highest BCUT2D eigenvalue weighted by Crippen LogP contribution is 2.19. The summed E-state index contributed by atoms with van der Waals surface area (Å²) in [6, 6.07) is 8.59. The van der Waals surface area contributed by atoms with Crippen molar-refractivity contribution >= 4 is 10.9 Å². The Morgan fingerprint density at radius 3 is 2.37 bits per heavy atom. The number of fused-ring (bicyclic) bond motifs is 1. The maximum Gasteiger partial charge on any atom is 0.0457 e. The molecular weight excluding hydrogens is 232 g/mol. The van der Waals surface area contributed by atoms with Crippen LogP contribution in [0, 0.1) is 0 Å². The van der Waals surface area contributed by atoms with E-state index >= 15 is 0 Å².